The Morgan fingerprint density at radius 1 is 1.33 bits per heavy atom. The predicted octanol–water partition coefficient (Wildman–Crippen LogP) is 0.860. The van der Waals surface area contributed by atoms with E-state index < -0.39 is 0 Å². The van der Waals surface area contributed by atoms with Gasteiger partial charge in [0.1, 0.15) is 0 Å². The van der Waals surface area contributed by atoms with Crippen LogP contribution in [0.1, 0.15) is 32.6 Å². The van der Waals surface area contributed by atoms with Gasteiger partial charge in [-0.05, 0) is 0 Å². The first kappa shape index (κ1) is 16.2. The van der Waals surface area contributed by atoms with E-state index in [1.807, 2.05) is 0 Å². The zero-order valence-electron chi connectivity index (χ0n) is 5.82. The molecule has 0 aliphatic rings. The van der Waals surface area contributed by atoms with Crippen LogP contribution in [0.3, 0.4) is 0 Å². The van der Waals surface area contributed by atoms with Gasteiger partial charge in [-0.3, -0.25) is 6.54 Å². The second kappa shape index (κ2) is 15.8. The maximum atomic E-state index is 5.14. The van der Waals surface area contributed by atoms with Crippen molar-refractivity contribution in [2.75, 3.05) is 0 Å². The van der Waals surface area contributed by atoms with E-state index in [2.05, 4.69) is 6.92 Å². The van der Waals surface area contributed by atoms with Gasteiger partial charge in [0.05, 0.1) is 0 Å². The molecule has 2 nitrogen and oxygen atoms in total. The summed E-state index contributed by atoms with van der Waals surface area (Å²) < 4.78 is 0. The van der Waals surface area contributed by atoms with Crippen molar-refractivity contribution < 1.29 is 22.3 Å². The molecular formula is C6H16CoNO-. The van der Waals surface area contributed by atoms with Gasteiger partial charge in [-0.15, -0.1) is 0 Å². The molecule has 0 saturated carbocycles. The summed E-state index contributed by atoms with van der Waals surface area (Å²) >= 11 is 0. The van der Waals surface area contributed by atoms with Crippen LogP contribution < -0.4 is 5.73 Å². The Morgan fingerprint density at radius 2 is 1.89 bits per heavy atom. The van der Waals surface area contributed by atoms with Gasteiger partial charge in [-0.25, -0.2) is 0 Å². The van der Waals surface area contributed by atoms with Gasteiger partial charge in [-0.1, -0.05) is 26.2 Å². The van der Waals surface area contributed by atoms with E-state index in [-0.39, 0.29) is 22.3 Å². The first-order chi connectivity index (χ1) is 3.41. The summed E-state index contributed by atoms with van der Waals surface area (Å²) in [5.74, 6) is 0. The first-order valence-corrected chi connectivity index (χ1v) is 2.95. The summed E-state index contributed by atoms with van der Waals surface area (Å²) in [4.78, 5) is 0. The molecule has 0 saturated heterocycles. The van der Waals surface area contributed by atoms with Gasteiger partial charge < -0.3 is 11.2 Å². The molecule has 0 heterocycles. The Morgan fingerprint density at radius 3 is 2.22 bits per heavy atom. The van der Waals surface area contributed by atoms with Crippen molar-refractivity contribution in [2.45, 2.75) is 32.6 Å². The molecule has 0 rings (SSSR count). The number of unbranched alkanes of at least 4 members (excludes halogenated alkanes) is 3. The predicted molar refractivity (Wildman–Crippen MR) is 36.2 cm³/mol. The Balaban J connectivity index is -0.000000180. The topological polar surface area (TPSA) is 57.5 Å². The molecule has 0 aromatic rings. The quantitative estimate of drug-likeness (QED) is 0.502. The molecule has 0 bridgehead atoms. The molecular weight excluding hydrogens is 161 g/mol. The summed E-state index contributed by atoms with van der Waals surface area (Å²) in [6.45, 7) is 3.92. The molecule has 0 aliphatic heterocycles. The van der Waals surface area contributed by atoms with E-state index in [0.29, 0.717) is 0 Å². The van der Waals surface area contributed by atoms with Crippen LogP contribution in [0.4, 0.5) is 0 Å². The molecule has 0 amide bonds. The standard InChI is InChI=1S/C6H14N.Co.H2O/c1-2-3-4-5-6-7;;/h6H,2-5,7H2,1H3;;1H2/q-1;;. The van der Waals surface area contributed by atoms with E-state index in [1.54, 1.807) is 6.54 Å². The van der Waals surface area contributed by atoms with Gasteiger partial charge in [0.2, 0.25) is 0 Å². The average molecular weight is 177 g/mol. The third-order valence-electron chi connectivity index (χ3n) is 0.974. The Bertz CT molecular complexity index is 32.2. The number of hydrogen-bond donors (Lipinski definition) is 1. The molecule has 0 fully saturated rings. The molecule has 3 heteroatoms. The molecule has 0 aromatic carbocycles. The molecule has 1 radical (unpaired) electrons. The maximum absolute atomic E-state index is 5.14. The minimum atomic E-state index is 0. The Kier molecular flexibility index (Phi) is 28.4. The minimum absolute atomic E-state index is 0. The molecule has 61 valence electrons. The summed E-state index contributed by atoms with van der Waals surface area (Å²) in [7, 11) is 0. The van der Waals surface area contributed by atoms with Crippen molar-refractivity contribution in [1.82, 2.24) is 0 Å². The minimum Gasteiger partial charge on any atom is -0.483 e. The van der Waals surface area contributed by atoms with Gasteiger partial charge in [0, 0.05) is 16.8 Å². The van der Waals surface area contributed by atoms with Gasteiger partial charge in [0.25, 0.3) is 0 Å². The van der Waals surface area contributed by atoms with Gasteiger partial charge >= 0.3 is 0 Å². The van der Waals surface area contributed by atoms with Gasteiger partial charge in [0.15, 0.2) is 0 Å². The van der Waals surface area contributed by atoms with Crippen LogP contribution in [0.15, 0.2) is 0 Å². The van der Waals surface area contributed by atoms with Crippen molar-refractivity contribution in [3.05, 3.63) is 6.54 Å². The monoisotopic (exact) mass is 177 g/mol. The summed E-state index contributed by atoms with van der Waals surface area (Å²) in [6, 6.07) is 0. The van der Waals surface area contributed by atoms with E-state index in [1.165, 1.54) is 19.3 Å². The third-order valence-corrected chi connectivity index (χ3v) is 0.974. The van der Waals surface area contributed by atoms with E-state index in [9.17, 15) is 0 Å². The Hall–Kier alpha value is 0.426. The zero-order chi connectivity index (χ0) is 5.54. The molecule has 0 aliphatic carbocycles. The largest absolute Gasteiger partial charge is 0.483 e. The summed E-state index contributed by atoms with van der Waals surface area (Å²) in [5, 5.41) is 0. The number of rotatable bonds is 4. The average Bonchev–Trinajstić information content (AvgIpc) is 1.69. The van der Waals surface area contributed by atoms with E-state index in [4.69, 9.17) is 5.73 Å². The fourth-order valence-corrected chi connectivity index (χ4v) is 0.512. The molecule has 0 aromatic heterocycles. The van der Waals surface area contributed by atoms with Crippen LogP contribution in [0.25, 0.3) is 0 Å². The smallest absolute Gasteiger partial charge is 0 e. The second-order valence-corrected chi connectivity index (χ2v) is 1.73. The SMILES string of the molecule is CCCCC[CH-]N.O.[Co]. The summed E-state index contributed by atoms with van der Waals surface area (Å²) in [5.41, 5.74) is 5.14. The van der Waals surface area contributed by atoms with Crippen molar-refractivity contribution in [3.8, 4) is 0 Å². The number of hydrogen-bond acceptors (Lipinski definition) is 1. The van der Waals surface area contributed by atoms with Crippen molar-refractivity contribution in [3.63, 3.8) is 0 Å². The fourth-order valence-electron chi connectivity index (χ4n) is 0.512. The van der Waals surface area contributed by atoms with Crippen molar-refractivity contribution in [2.24, 2.45) is 5.73 Å². The summed E-state index contributed by atoms with van der Waals surface area (Å²) in [6.07, 6.45) is 4.93. The molecule has 0 unspecified atom stereocenters. The molecule has 0 atom stereocenters. The van der Waals surface area contributed by atoms with Crippen LogP contribution in [0.5, 0.6) is 0 Å². The first-order valence-electron chi connectivity index (χ1n) is 2.95. The molecule has 0 spiro atoms. The Labute approximate surface area is 67.7 Å². The normalized spacial score (nSPS) is 7.33. The van der Waals surface area contributed by atoms with Crippen LogP contribution in [0.2, 0.25) is 0 Å². The third kappa shape index (κ3) is 17.8. The number of nitrogens with two attached hydrogens (primary N) is 1. The second-order valence-electron chi connectivity index (χ2n) is 1.73. The molecule has 4 N–H and O–H groups in total. The van der Waals surface area contributed by atoms with Crippen molar-refractivity contribution >= 4 is 0 Å². The van der Waals surface area contributed by atoms with Gasteiger partial charge in [-0.2, -0.15) is 6.42 Å². The van der Waals surface area contributed by atoms with E-state index >= 15 is 0 Å². The van der Waals surface area contributed by atoms with E-state index in [0.717, 1.165) is 6.42 Å². The van der Waals surface area contributed by atoms with Crippen LogP contribution in [0, 0.1) is 6.54 Å². The maximum Gasteiger partial charge on any atom is 0 e. The fraction of sp³-hybridized carbons (Fsp3) is 0.833. The van der Waals surface area contributed by atoms with Crippen LogP contribution in [-0.2, 0) is 16.8 Å². The van der Waals surface area contributed by atoms with Crippen molar-refractivity contribution in [1.29, 1.82) is 0 Å². The molecule has 9 heavy (non-hydrogen) atoms. The van der Waals surface area contributed by atoms with Crippen LogP contribution in [-0.4, -0.2) is 5.48 Å². The zero-order valence-corrected chi connectivity index (χ0v) is 6.86. The van der Waals surface area contributed by atoms with Crippen LogP contribution >= 0.6 is 0 Å².